The van der Waals surface area contributed by atoms with Crippen LogP contribution in [0.25, 0.3) is 0 Å². The van der Waals surface area contributed by atoms with Gasteiger partial charge in [0.15, 0.2) is 0 Å². The molecule has 3 nitrogen and oxygen atoms in total. The lowest BCUT2D eigenvalue weighted by Crippen LogP contribution is -2.08. The second-order valence-corrected chi connectivity index (χ2v) is 6.14. The van der Waals surface area contributed by atoms with Gasteiger partial charge in [-0.2, -0.15) is 11.8 Å². The molecule has 1 aromatic heterocycles. The Morgan fingerprint density at radius 3 is 3.16 bits per heavy atom. The predicted octanol–water partition coefficient (Wildman–Crippen LogP) is 3.97. The van der Waals surface area contributed by atoms with E-state index in [1.165, 1.54) is 12.8 Å². The van der Waals surface area contributed by atoms with Gasteiger partial charge >= 0.3 is 0 Å². The number of hydrogen-bond donors (Lipinski definition) is 1. The number of nitrogens with zero attached hydrogens (tertiary/aromatic N) is 1. The lowest BCUT2D eigenvalue weighted by molar-refractivity contribution is 0.129. The van der Waals surface area contributed by atoms with Crippen LogP contribution in [0.2, 0.25) is 5.02 Å². The van der Waals surface area contributed by atoms with Crippen molar-refractivity contribution in [3.63, 3.8) is 0 Å². The summed E-state index contributed by atoms with van der Waals surface area (Å²) in [4.78, 5) is 4.57. The van der Waals surface area contributed by atoms with E-state index in [1.54, 1.807) is 0 Å². The summed E-state index contributed by atoms with van der Waals surface area (Å²) in [6.45, 7) is 4.00. The van der Waals surface area contributed by atoms with Crippen molar-refractivity contribution in [3.8, 4) is 0 Å². The first kappa shape index (κ1) is 14.9. The zero-order valence-electron chi connectivity index (χ0n) is 11.3. The summed E-state index contributed by atoms with van der Waals surface area (Å²) in [5, 5.41) is 4.04. The molecular weight excluding hydrogens is 280 g/mol. The molecule has 1 saturated heterocycles. The molecule has 0 spiro atoms. The van der Waals surface area contributed by atoms with Crippen molar-refractivity contribution in [1.82, 2.24) is 4.98 Å². The number of pyridine rings is 1. The minimum Gasteiger partial charge on any atom is -0.377 e. The quantitative estimate of drug-likeness (QED) is 0.826. The average Bonchev–Trinajstić information content (AvgIpc) is 2.92. The van der Waals surface area contributed by atoms with Crippen molar-refractivity contribution in [2.45, 2.75) is 38.0 Å². The van der Waals surface area contributed by atoms with Crippen LogP contribution < -0.4 is 5.32 Å². The Morgan fingerprint density at radius 1 is 1.53 bits per heavy atom. The molecule has 2 rings (SSSR count). The molecule has 1 aromatic rings. The van der Waals surface area contributed by atoms with Crippen molar-refractivity contribution >= 4 is 29.2 Å². The van der Waals surface area contributed by atoms with Crippen LogP contribution in [0.3, 0.4) is 0 Å². The number of rotatable bonds is 7. The van der Waals surface area contributed by atoms with Crippen molar-refractivity contribution in [2.24, 2.45) is 0 Å². The van der Waals surface area contributed by atoms with Crippen LogP contribution in [-0.2, 0) is 10.5 Å². The SMILES string of the molecule is CCCNc1ccc(Cl)c(CSCC2CCCO2)n1. The maximum Gasteiger partial charge on any atom is 0.126 e. The van der Waals surface area contributed by atoms with E-state index in [0.29, 0.717) is 6.10 Å². The first-order chi connectivity index (χ1) is 9.29. The van der Waals surface area contributed by atoms with Crippen LogP contribution in [0.15, 0.2) is 12.1 Å². The molecule has 0 radical (unpaired) electrons. The molecule has 0 aliphatic carbocycles. The molecule has 1 aliphatic rings. The molecule has 106 valence electrons. The molecule has 1 unspecified atom stereocenters. The number of thioether (sulfide) groups is 1. The first-order valence-electron chi connectivity index (χ1n) is 6.88. The van der Waals surface area contributed by atoms with Crippen LogP contribution in [0.4, 0.5) is 5.82 Å². The summed E-state index contributed by atoms with van der Waals surface area (Å²) in [6.07, 6.45) is 3.89. The number of ether oxygens (including phenoxy) is 1. The molecule has 1 N–H and O–H groups in total. The zero-order valence-corrected chi connectivity index (χ0v) is 12.9. The topological polar surface area (TPSA) is 34.1 Å². The Hall–Kier alpha value is -0.450. The Kier molecular flexibility index (Phi) is 6.28. The largest absolute Gasteiger partial charge is 0.377 e. The van der Waals surface area contributed by atoms with Gasteiger partial charge in [0.25, 0.3) is 0 Å². The molecule has 2 heterocycles. The summed E-state index contributed by atoms with van der Waals surface area (Å²) in [5.41, 5.74) is 0.964. The fourth-order valence-electron chi connectivity index (χ4n) is 2.00. The fraction of sp³-hybridized carbons (Fsp3) is 0.643. The summed E-state index contributed by atoms with van der Waals surface area (Å²) in [5.74, 6) is 2.80. The molecule has 1 fully saturated rings. The minimum absolute atomic E-state index is 0.421. The van der Waals surface area contributed by atoms with E-state index in [-0.39, 0.29) is 0 Å². The number of aromatic nitrogens is 1. The predicted molar refractivity (Wildman–Crippen MR) is 83.2 cm³/mol. The first-order valence-corrected chi connectivity index (χ1v) is 8.41. The third-order valence-electron chi connectivity index (χ3n) is 3.04. The monoisotopic (exact) mass is 300 g/mol. The van der Waals surface area contributed by atoms with Gasteiger partial charge in [-0.1, -0.05) is 18.5 Å². The molecule has 0 saturated carbocycles. The van der Waals surface area contributed by atoms with E-state index < -0.39 is 0 Å². The highest BCUT2D eigenvalue weighted by Crippen LogP contribution is 2.24. The molecule has 1 aliphatic heterocycles. The van der Waals surface area contributed by atoms with Gasteiger partial charge in [0.05, 0.1) is 16.8 Å². The summed E-state index contributed by atoms with van der Waals surface area (Å²) in [6, 6.07) is 3.86. The Balaban J connectivity index is 1.83. The maximum atomic E-state index is 6.19. The van der Waals surface area contributed by atoms with Crippen LogP contribution in [-0.4, -0.2) is 30.0 Å². The van der Waals surface area contributed by atoms with Crippen molar-refractivity contribution < 1.29 is 4.74 Å². The zero-order chi connectivity index (χ0) is 13.5. The van der Waals surface area contributed by atoms with Gasteiger partial charge in [0.2, 0.25) is 0 Å². The highest BCUT2D eigenvalue weighted by Gasteiger charge is 2.15. The molecule has 0 aromatic carbocycles. The van der Waals surface area contributed by atoms with Crippen LogP contribution >= 0.6 is 23.4 Å². The van der Waals surface area contributed by atoms with Gasteiger partial charge in [0, 0.05) is 24.7 Å². The van der Waals surface area contributed by atoms with E-state index in [9.17, 15) is 0 Å². The Morgan fingerprint density at radius 2 is 2.42 bits per heavy atom. The Labute approximate surface area is 124 Å². The molecule has 0 bridgehead atoms. The third-order valence-corrected chi connectivity index (χ3v) is 4.47. The van der Waals surface area contributed by atoms with E-state index in [1.807, 2.05) is 23.9 Å². The number of nitrogens with one attached hydrogen (secondary N) is 1. The number of anilines is 1. The van der Waals surface area contributed by atoms with E-state index in [2.05, 4.69) is 17.2 Å². The molecule has 0 amide bonds. The summed E-state index contributed by atoms with van der Waals surface area (Å²) in [7, 11) is 0. The second kappa shape index (κ2) is 7.98. The van der Waals surface area contributed by atoms with Crippen molar-refractivity contribution in [2.75, 3.05) is 24.2 Å². The number of halogens is 1. The highest BCUT2D eigenvalue weighted by atomic mass is 35.5. The van der Waals surface area contributed by atoms with Gasteiger partial charge < -0.3 is 10.1 Å². The van der Waals surface area contributed by atoms with Crippen LogP contribution in [0.5, 0.6) is 0 Å². The molecule has 1 atom stereocenters. The lowest BCUT2D eigenvalue weighted by Gasteiger charge is -2.10. The van der Waals surface area contributed by atoms with Gasteiger partial charge in [-0.15, -0.1) is 0 Å². The maximum absolute atomic E-state index is 6.19. The van der Waals surface area contributed by atoms with E-state index >= 15 is 0 Å². The fourth-order valence-corrected chi connectivity index (χ4v) is 3.31. The van der Waals surface area contributed by atoms with Gasteiger partial charge in [-0.05, 0) is 31.4 Å². The Bertz CT molecular complexity index is 397. The third kappa shape index (κ3) is 4.86. The molecule has 19 heavy (non-hydrogen) atoms. The van der Waals surface area contributed by atoms with E-state index in [4.69, 9.17) is 16.3 Å². The normalized spacial score (nSPS) is 18.7. The number of hydrogen-bond acceptors (Lipinski definition) is 4. The van der Waals surface area contributed by atoms with Crippen LogP contribution in [0.1, 0.15) is 31.9 Å². The molecule has 5 heteroatoms. The second-order valence-electron chi connectivity index (χ2n) is 4.70. The van der Waals surface area contributed by atoms with Gasteiger partial charge in [-0.25, -0.2) is 4.98 Å². The smallest absolute Gasteiger partial charge is 0.126 e. The van der Waals surface area contributed by atoms with E-state index in [0.717, 1.165) is 47.6 Å². The van der Waals surface area contributed by atoms with Gasteiger partial charge in [0.1, 0.15) is 5.82 Å². The lowest BCUT2D eigenvalue weighted by atomic mass is 10.3. The minimum atomic E-state index is 0.421. The average molecular weight is 301 g/mol. The molecular formula is C14H21ClN2OS. The standard InChI is InChI=1S/C14H21ClN2OS/c1-2-7-16-14-6-5-12(15)13(17-14)10-19-9-11-4-3-8-18-11/h5-6,11H,2-4,7-10H2,1H3,(H,16,17). The van der Waals surface area contributed by atoms with Crippen LogP contribution in [0, 0.1) is 0 Å². The summed E-state index contributed by atoms with van der Waals surface area (Å²) >= 11 is 8.04. The highest BCUT2D eigenvalue weighted by molar-refractivity contribution is 7.98. The van der Waals surface area contributed by atoms with Gasteiger partial charge in [-0.3, -0.25) is 0 Å². The summed E-state index contributed by atoms with van der Waals surface area (Å²) < 4.78 is 5.61. The van der Waals surface area contributed by atoms with Crippen molar-refractivity contribution in [1.29, 1.82) is 0 Å². The van der Waals surface area contributed by atoms with Crippen molar-refractivity contribution in [3.05, 3.63) is 22.8 Å².